The van der Waals surface area contributed by atoms with Gasteiger partial charge in [-0.25, -0.2) is 19.9 Å². The van der Waals surface area contributed by atoms with Gasteiger partial charge in [0.2, 0.25) is 17.7 Å². The second-order valence-corrected chi connectivity index (χ2v) is 8.99. The maximum atomic E-state index is 13.6. The van der Waals surface area contributed by atoms with E-state index in [1.54, 1.807) is 23.2 Å². The van der Waals surface area contributed by atoms with Gasteiger partial charge in [0.15, 0.2) is 11.3 Å². The molecule has 1 aliphatic heterocycles. The Kier molecular flexibility index (Phi) is 5.28. The summed E-state index contributed by atoms with van der Waals surface area (Å²) in [4.78, 5) is 31.5. The lowest BCUT2D eigenvalue weighted by Crippen LogP contribution is -2.54. The monoisotopic (exact) mass is 514 g/mol. The molecule has 0 aromatic carbocycles. The molecular formula is C23H21F3N8O3. The maximum Gasteiger partial charge on any atom is 0.449 e. The number of ether oxygens (including phenoxy) is 2. The number of fused-ring (bicyclic) bond motifs is 1. The normalized spacial score (nSPS) is 16.2. The third-order valence-corrected chi connectivity index (χ3v) is 6.32. The Morgan fingerprint density at radius 2 is 1.84 bits per heavy atom. The van der Waals surface area contributed by atoms with Crippen LogP contribution in [0.25, 0.3) is 22.3 Å². The number of anilines is 1. The van der Waals surface area contributed by atoms with Gasteiger partial charge in [0.1, 0.15) is 17.3 Å². The number of halogens is 3. The standard InChI is InChI=1S/C23H21F3N8O3/c1-32-20(35)19-18(29-21(32)23(24,25)26)17(12-3-6-16(36-2)27-7-12)30-22(31-19)33-9-15(10-33)37-14-8-28-34(11-14)13-4-5-13/h3,6-8,11,13,15H,4-5,9-10H2,1-2H3. The summed E-state index contributed by atoms with van der Waals surface area (Å²) in [5, 5.41) is 4.32. The second-order valence-electron chi connectivity index (χ2n) is 8.99. The molecule has 5 heterocycles. The van der Waals surface area contributed by atoms with Crippen molar-refractivity contribution in [3.8, 4) is 22.9 Å². The Morgan fingerprint density at radius 1 is 1.05 bits per heavy atom. The van der Waals surface area contributed by atoms with Crippen LogP contribution in [-0.4, -0.2) is 60.6 Å². The molecule has 0 atom stereocenters. The molecule has 2 aliphatic rings. The summed E-state index contributed by atoms with van der Waals surface area (Å²) in [5.41, 5.74) is -0.976. The van der Waals surface area contributed by atoms with Gasteiger partial charge in [-0.2, -0.15) is 18.3 Å². The maximum absolute atomic E-state index is 13.6. The summed E-state index contributed by atoms with van der Waals surface area (Å²) >= 11 is 0. The molecule has 14 heteroatoms. The van der Waals surface area contributed by atoms with E-state index in [0.29, 0.717) is 40.9 Å². The van der Waals surface area contributed by atoms with E-state index in [4.69, 9.17) is 9.47 Å². The quantitative estimate of drug-likeness (QED) is 0.383. The zero-order chi connectivity index (χ0) is 25.9. The van der Waals surface area contributed by atoms with E-state index < -0.39 is 17.6 Å². The topological polar surface area (TPSA) is 113 Å². The minimum Gasteiger partial charge on any atom is -0.483 e. The van der Waals surface area contributed by atoms with E-state index in [1.165, 1.54) is 13.3 Å². The number of alkyl halides is 3. The zero-order valence-electron chi connectivity index (χ0n) is 19.8. The Bertz CT molecular complexity index is 1540. The lowest BCUT2D eigenvalue weighted by Gasteiger charge is -2.38. The highest BCUT2D eigenvalue weighted by atomic mass is 19.4. The van der Waals surface area contributed by atoms with Crippen LogP contribution in [0.4, 0.5) is 19.1 Å². The first-order chi connectivity index (χ1) is 17.7. The van der Waals surface area contributed by atoms with Gasteiger partial charge in [0.25, 0.3) is 5.56 Å². The summed E-state index contributed by atoms with van der Waals surface area (Å²) in [6.45, 7) is 0.851. The van der Waals surface area contributed by atoms with Crippen LogP contribution >= 0.6 is 0 Å². The van der Waals surface area contributed by atoms with Gasteiger partial charge in [0.05, 0.1) is 38.6 Å². The first-order valence-electron chi connectivity index (χ1n) is 11.5. The van der Waals surface area contributed by atoms with E-state index in [0.717, 1.165) is 19.9 Å². The molecule has 1 saturated carbocycles. The molecule has 11 nitrogen and oxygen atoms in total. The van der Waals surface area contributed by atoms with Crippen LogP contribution in [0, 0.1) is 0 Å². The van der Waals surface area contributed by atoms with Crippen molar-refractivity contribution in [2.24, 2.45) is 7.05 Å². The van der Waals surface area contributed by atoms with Crippen LogP contribution in [0.1, 0.15) is 24.7 Å². The van der Waals surface area contributed by atoms with Gasteiger partial charge in [-0.05, 0) is 18.9 Å². The molecule has 4 aromatic heterocycles. The Balaban J connectivity index is 1.36. The van der Waals surface area contributed by atoms with Gasteiger partial charge >= 0.3 is 6.18 Å². The first-order valence-corrected chi connectivity index (χ1v) is 11.5. The predicted octanol–water partition coefficient (Wildman–Crippen LogP) is 2.61. The van der Waals surface area contributed by atoms with Crippen molar-refractivity contribution < 1.29 is 22.6 Å². The molecule has 6 rings (SSSR count). The highest BCUT2D eigenvalue weighted by Gasteiger charge is 2.38. The van der Waals surface area contributed by atoms with E-state index >= 15 is 0 Å². The molecule has 0 spiro atoms. The van der Waals surface area contributed by atoms with Gasteiger partial charge in [-0.1, -0.05) is 0 Å². The van der Waals surface area contributed by atoms with Crippen LogP contribution < -0.4 is 19.9 Å². The number of nitrogens with zero attached hydrogens (tertiary/aromatic N) is 8. The average Bonchev–Trinajstić information content (AvgIpc) is 3.60. The summed E-state index contributed by atoms with van der Waals surface area (Å²) < 4.78 is 54.2. The molecule has 0 radical (unpaired) electrons. The highest BCUT2D eigenvalue weighted by Crippen LogP contribution is 2.35. The van der Waals surface area contributed by atoms with E-state index in [9.17, 15) is 18.0 Å². The Hall–Kier alpha value is -4.23. The van der Waals surface area contributed by atoms with Crippen LogP contribution in [-0.2, 0) is 13.2 Å². The molecular weight excluding hydrogens is 493 g/mol. The van der Waals surface area contributed by atoms with Crippen LogP contribution in [0.15, 0.2) is 35.5 Å². The smallest absolute Gasteiger partial charge is 0.449 e. The van der Waals surface area contributed by atoms with Crippen molar-refractivity contribution in [2.45, 2.75) is 31.2 Å². The first kappa shape index (κ1) is 23.2. The van der Waals surface area contributed by atoms with Crippen molar-refractivity contribution in [1.82, 2.24) is 34.3 Å². The molecule has 2 fully saturated rings. The van der Waals surface area contributed by atoms with E-state index in [-0.39, 0.29) is 28.8 Å². The molecule has 0 bridgehead atoms. The van der Waals surface area contributed by atoms with Gasteiger partial charge < -0.3 is 14.4 Å². The summed E-state index contributed by atoms with van der Waals surface area (Å²) in [6, 6.07) is 3.58. The number of hydrogen-bond donors (Lipinski definition) is 0. The van der Waals surface area contributed by atoms with E-state index in [2.05, 4.69) is 25.0 Å². The SMILES string of the molecule is COc1ccc(-c2nc(N3CC(Oc4cnn(C5CC5)c4)C3)nc3c(=O)n(C)c(C(F)(F)F)nc23)cn1. The molecule has 192 valence electrons. The van der Waals surface area contributed by atoms with Crippen molar-refractivity contribution in [3.63, 3.8) is 0 Å². The summed E-state index contributed by atoms with van der Waals surface area (Å²) in [6.07, 6.45) is 2.17. The van der Waals surface area contributed by atoms with Gasteiger partial charge in [-0.3, -0.25) is 14.0 Å². The zero-order valence-corrected chi connectivity index (χ0v) is 19.8. The number of hydrogen-bond acceptors (Lipinski definition) is 9. The molecule has 0 unspecified atom stereocenters. The largest absolute Gasteiger partial charge is 0.483 e. The van der Waals surface area contributed by atoms with Crippen molar-refractivity contribution in [1.29, 1.82) is 0 Å². The third-order valence-electron chi connectivity index (χ3n) is 6.32. The Labute approximate surface area is 207 Å². The Morgan fingerprint density at radius 3 is 2.49 bits per heavy atom. The van der Waals surface area contributed by atoms with E-state index in [1.807, 2.05) is 10.9 Å². The fourth-order valence-electron chi connectivity index (χ4n) is 4.16. The molecule has 37 heavy (non-hydrogen) atoms. The minimum atomic E-state index is -4.84. The van der Waals surface area contributed by atoms with Crippen molar-refractivity contribution >= 4 is 17.0 Å². The average molecular weight is 514 g/mol. The molecule has 4 aromatic rings. The van der Waals surface area contributed by atoms with Crippen LogP contribution in [0.2, 0.25) is 0 Å². The van der Waals surface area contributed by atoms with Gasteiger partial charge in [0, 0.05) is 24.9 Å². The lowest BCUT2D eigenvalue weighted by atomic mass is 10.1. The minimum absolute atomic E-state index is 0.0634. The molecule has 1 saturated heterocycles. The molecule has 0 amide bonds. The summed E-state index contributed by atoms with van der Waals surface area (Å²) in [7, 11) is 2.46. The third kappa shape index (κ3) is 4.21. The fourth-order valence-corrected chi connectivity index (χ4v) is 4.16. The molecule has 0 N–H and O–H groups in total. The fraction of sp³-hybridized carbons (Fsp3) is 0.391. The predicted molar refractivity (Wildman–Crippen MR) is 124 cm³/mol. The van der Waals surface area contributed by atoms with Crippen molar-refractivity contribution in [3.05, 3.63) is 46.9 Å². The lowest BCUT2D eigenvalue weighted by molar-refractivity contribution is -0.147. The number of aromatic nitrogens is 7. The van der Waals surface area contributed by atoms with Crippen molar-refractivity contribution in [2.75, 3.05) is 25.1 Å². The van der Waals surface area contributed by atoms with Gasteiger partial charge in [-0.15, -0.1) is 0 Å². The molecule has 1 aliphatic carbocycles. The van der Waals surface area contributed by atoms with Crippen LogP contribution in [0.3, 0.4) is 0 Å². The summed E-state index contributed by atoms with van der Waals surface area (Å²) in [5.74, 6) is -0.174. The van der Waals surface area contributed by atoms with Crippen LogP contribution in [0.5, 0.6) is 11.6 Å². The number of methoxy groups -OCH3 is 1. The highest BCUT2D eigenvalue weighted by molar-refractivity contribution is 5.89. The second kappa shape index (κ2) is 8.42. The number of pyridine rings is 1. The number of rotatable bonds is 6.